The molecular formula is C17H25N7. The lowest BCUT2D eigenvalue weighted by Crippen LogP contribution is -2.47. The predicted molar refractivity (Wildman–Crippen MR) is 97.6 cm³/mol. The molecule has 0 amide bonds. The molecule has 24 heavy (non-hydrogen) atoms. The number of nitrogens with one attached hydrogen (secondary N) is 2. The third kappa shape index (κ3) is 3.93. The second-order valence-electron chi connectivity index (χ2n) is 6.16. The van der Waals surface area contributed by atoms with Crippen LogP contribution < -0.4 is 16.5 Å². The molecule has 1 atom stereocenters. The molecule has 3 rings (SSSR count). The molecule has 0 radical (unpaired) electrons. The average molecular weight is 327 g/mol. The molecule has 0 aliphatic carbocycles. The smallest absolute Gasteiger partial charge is 0.169 e. The first kappa shape index (κ1) is 16.5. The van der Waals surface area contributed by atoms with Crippen molar-refractivity contribution in [3.8, 4) is 0 Å². The maximum atomic E-state index is 6.27. The van der Waals surface area contributed by atoms with Crippen LogP contribution in [0.1, 0.15) is 18.5 Å². The SMILES string of the molecule is CC(Nc1ncnc(NN2CCN(C)CC2)c1N)c1ccccc1. The van der Waals surface area contributed by atoms with Crippen LogP contribution in [0.15, 0.2) is 36.7 Å². The van der Waals surface area contributed by atoms with Crippen LogP contribution >= 0.6 is 0 Å². The van der Waals surface area contributed by atoms with E-state index < -0.39 is 0 Å². The van der Waals surface area contributed by atoms with Crippen molar-refractivity contribution in [3.63, 3.8) is 0 Å². The molecule has 4 N–H and O–H groups in total. The third-order valence-corrected chi connectivity index (χ3v) is 4.30. The van der Waals surface area contributed by atoms with E-state index >= 15 is 0 Å². The van der Waals surface area contributed by atoms with Gasteiger partial charge in [-0.15, -0.1) is 0 Å². The van der Waals surface area contributed by atoms with Gasteiger partial charge in [-0.3, -0.25) is 0 Å². The molecule has 1 fully saturated rings. The van der Waals surface area contributed by atoms with Gasteiger partial charge in [0.05, 0.1) is 6.04 Å². The molecule has 1 aromatic heterocycles. The van der Waals surface area contributed by atoms with Gasteiger partial charge in [0, 0.05) is 26.2 Å². The summed E-state index contributed by atoms with van der Waals surface area (Å²) >= 11 is 0. The Morgan fingerprint density at radius 1 is 1.04 bits per heavy atom. The molecule has 2 aromatic rings. The van der Waals surface area contributed by atoms with Gasteiger partial charge in [-0.2, -0.15) is 0 Å². The molecule has 2 heterocycles. The Bertz CT molecular complexity index is 653. The lowest BCUT2D eigenvalue weighted by Gasteiger charge is -2.33. The zero-order chi connectivity index (χ0) is 16.9. The first-order valence-electron chi connectivity index (χ1n) is 8.25. The minimum atomic E-state index is 0.111. The first-order valence-corrected chi connectivity index (χ1v) is 8.25. The number of hydrogen-bond acceptors (Lipinski definition) is 7. The number of benzene rings is 1. The number of rotatable bonds is 5. The van der Waals surface area contributed by atoms with Crippen LogP contribution in [0.25, 0.3) is 0 Å². The summed E-state index contributed by atoms with van der Waals surface area (Å²) in [6.07, 6.45) is 1.54. The summed E-state index contributed by atoms with van der Waals surface area (Å²) in [7, 11) is 2.13. The Balaban J connectivity index is 1.69. The average Bonchev–Trinajstić information content (AvgIpc) is 2.61. The van der Waals surface area contributed by atoms with E-state index in [0.29, 0.717) is 17.3 Å². The van der Waals surface area contributed by atoms with Gasteiger partial charge in [-0.1, -0.05) is 30.3 Å². The number of aromatic nitrogens is 2. The van der Waals surface area contributed by atoms with E-state index in [2.05, 4.69) is 56.7 Å². The van der Waals surface area contributed by atoms with E-state index in [4.69, 9.17) is 5.73 Å². The highest BCUT2D eigenvalue weighted by Crippen LogP contribution is 2.26. The van der Waals surface area contributed by atoms with Crippen molar-refractivity contribution < 1.29 is 0 Å². The second-order valence-corrected chi connectivity index (χ2v) is 6.16. The largest absolute Gasteiger partial charge is 0.393 e. The van der Waals surface area contributed by atoms with Crippen LogP contribution in [0.3, 0.4) is 0 Å². The first-order chi connectivity index (χ1) is 11.6. The van der Waals surface area contributed by atoms with Crippen molar-refractivity contribution in [3.05, 3.63) is 42.2 Å². The van der Waals surface area contributed by atoms with Crippen molar-refractivity contribution in [1.29, 1.82) is 0 Å². The molecule has 1 aliphatic rings. The Hall–Kier alpha value is -2.38. The van der Waals surface area contributed by atoms with Crippen LogP contribution in [0.4, 0.5) is 17.3 Å². The maximum absolute atomic E-state index is 6.27. The number of piperazine rings is 1. The number of likely N-dealkylation sites (N-methyl/N-ethyl adjacent to an activating group) is 1. The van der Waals surface area contributed by atoms with E-state index in [1.54, 1.807) is 0 Å². The minimum Gasteiger partial charge on any atom is -0.393 e. The molecule has 7 nitrogen and oxygen atoms in total. The van der Waals surface area contributed by atoms with Gasteiger partial charge >= 0.3 is 0 Å². The van der Waals surface area contributed by atoms with E-state index in [0.717, 1.165) is 26.2 Å². The zero-order valence-electron chi connectivity index (χ0n) is 14.2. The topological polar surface area (TPSA) is 82.3 Å². The molecular weight excluding hydrogens is 302 g/mol. The molecule has 1 unspecified atom stereocenters. The number of hydrogen-bond donors (Lipinski definition) is 3. The van der Waals surface area contributed by atoms with Crippen molar-refractivity contribution in [2.24, 2.45) is 0 Å². The number of anilines is 3. The van der Waals surface area contributed by atoms with Gasteiger partial charge in [-0.05, 0) is 19.5 Å². The predicted octanol–water partition coefficient (Wildman–Crippen LogP) is 1.81. The quantitative estimate of drug-likeness (QED) is 0.772. The van der Waals surface area contributed by atoms with Crippen molar-refractivity contribution in [2.75, 3.05) is 49.7 Å². The normalized spacial score (nSPS) is 17.4. The molecule has 1 saturated heterocycles. The van der Waals surface area contributed by atoms with Gasteiger partial charge < -0.3 is 21.4 Å². The fourth-order valence-corrected chi connectivity index (χ4v) is 2.70. The van der Waals surface area contributed by atoms with Gasteiger partial charge in [0.1, 0.15) is 12.0 Å². The maximum Gasteiger partial charge on any atom is 0.169 e. The van der Waals surface area contributed by atoms with Gasteiger partial charge in [0.2, 0.25) is 0 Å². The fourth-order valence-electron chi connectivity index (χ4n) is 2.70. The number of nitrogens with zero attached hydrogens (tertiary/aromatic N) is 4. The van der Waals surface area contributed by atoms with Gasteiger partial charge in [0.25, 0.3) is 0 Å². The summed E-state index contributed by atoms with van der Waals surface area (Å²) in [5.74, 6) is 1.30. The molecule has 0 bridgehead atoms. The molecule has 0 spiro atoms. The summed E-state index contributed by atoms with van der Waals surface area (Å²) in [5.41, 5.74) is 11.3. The van der Waals surface area contributed by atoms with Crippen LogP contribution in [0.2, 0.25) is 0 Å². The molecule has 7 heteroatoms. The lowest BCUT2D eigenvalue weighted by molar-refractivity contribution is 0.178. The summed E-state index contributed by atoms with van der Waals surface area (Å²) in [5, 5.41) is 5.51. The highest BCUT2D eigenvalue weighted by Gasteiger charge is 2.17. The van der Waals surface area contributed by atoms with E-state index in [1.165, 1.54) is 11.9 Å². The number of nitrogen functional groups attached to an aromatic ring is 1. The van der Waals surface area contributed by atoms with Gasteiger partial charge in [-0.25, -0.2) is 15.0 Å². The van der Waals surface area contributed by atoms with E-state index in [9.17, 15) is 0 Å². The van der Waals surface area contributed by atoms with Crippen molar-refractivity contribution in [2.45, 2.75) is 13.0 Å². The van der Waals surface area contributed by atoms with Crippen LogP contribution in [-0.2, 0) is 0 Å². The summed E-state index contributed by atoms with van der Waals surface area (Å²) < 4.78 is 0. The highest BCUT2D eigenvalue weighted by atomic mass is 15.5. The summed E-state index contributed by atoms with van der Waals surface area (Å²) in [6, 6.07) is 10.3. The Morgan fingerprint density at radius 2 is 1.71 bits per heavy atom. The van der Waals surface area contributed by atoms with Crippen molar-refractivity contribution >= 4 is 17.3 Å². The minimum absolute atomic E-state index is 0.111. The zero-order valence-corrected chi connectivity index (χ0v) is 14.2. The second kappa shape index (κ2) is 7.46. The van der Waals surface area contributed by atoms with Crippen LogP contribution in [0, 0.1) is 0 Å². The monoisotopic (exact) mass is 327 g/mol. The molecule has 1 aliphatic heterocycles. The fraction of sp³-hybridized carbons (Fsp3) is 0.412. The Labute approximate surface area is 142 Å². The summed E-state index contributed by atoms with van der Waals surface area (Å²) in [6.45, 7) is 6.00. The standard InChI is InChI=1S/C17H25N7/c1-13(14-6-4-3-5-7-14)21-16-15(18)17(20-12-19-16)22-24-10-8-23(2)9-11-24/h3-7,12-13H,8-11,18H2,1-2H3,(H2,19,20,21,22). The summed E-state index contributed by atoms with van der Waals surface area (Å²) in [4.78, 5) is 10.9. The number of hydrazine groups is 1. The van der Waals surface area contributed by atoms with E-state index in [-0.39, 0.29) is 6.04 Å². The molecule has 1 aromatic carbocycles. The van der Waals surface area contributed by atoms with Gasteiger partial charge in [0.15, 0.2) is 11.6 Å². The van der Waals surface area contributed by atoms with Crippen molar-refractivity contribution in [1.82, 2.24) is 19.9 Å². The Morgan fingerprint density at radius 3 is 2.42 bits per heavy atom. The number of nitrogens with two attached hydrogens (primary N) is 1. The highest BCUT2D eigenvalue weighted by molar-refractivity contribution is 5.74. The van der Waals surface area contributed by atoms with E-state index in [1.807, 2.05) is 18.2 Å². The third-order valence-electron chi connectivity index (χ3n) is 4.30. The molecule has 0 saturated carbocycles. The van der Waals surface area contributed by atoms with Crippen LogP contribution in [-0.4, -0.2) is 53.1 Å². The molecule has 128 valence electrons. The Kier molecular flexibility index (Phi) is 5.12. The van der Waals surface area contributed by atoms with Crippen LogP contribution in [0.5, 0.6) is 0 Å². The lowest BCUT2D eigenvalue weighted by atomic mass is 10.1.